The molecule has 162 valence electrons. The molecule has 3 heteroatoms. The molecule has 0 spiro atoms. The molecule has 0 bridgehead atoms. The van der Waals surface area contributed by atoms with E-state index < -0.39 is 0 Å². The number of ketones is 1. The quantitative estimate of drug-likeness (QED) is 0.415. The molecular weight excluding hydrogens is 390 g/mol. The standard InChI is InChI=1S/C18H27N.C9H9ClO/c1-13(2)18(4,5)17-7-6-16(12-14(17)3)15-8-10-19-11-9-15;1-6-4-3-5-8(10)9(6)7(2)11/h6-7,12,15,19H,1,8-11H2,2-5H3;3-5H,1-2H3. The Bertz CT molecular complexity index is 887. The zero-order valence-corrected chi connectivity index (χ0v) is 20.1. The van der Waals surface area contributed by atoms with Crippen molar-refractivity contribution in [2.75, 3.05) is 13.1 Å². The number of benzene rings is 2. The molecule has 1 fully saturated rings. The molecule has 0 amide bonds. The van der Waals surface area contributed by atoms with Crippen LogP contribution in [0.15, 0.2) is 48.6 Å². The van der Waals surface area contributed by atoms with Crippen LogP contribution in [0.5, 0.6) is 0 Å². The minimum Gasteiger partial charge on any atom is -0.317 e. The maximum absolute atomic E-state index is 11.0. The van der Waals surface area contributed by atoms with E-state index in [4.69, 9.17) is 11.6 Å². The summed E-state index contributed by atoms with van der Waals surface area (Å²) in [6, 6.07) is 12.5. The summed E-state index contributed by atoms with van der Waals surface area (Å²) >= 11 is 5.80. The number of allylic oxidation sites excluding steroid dienone is 1. The van der Waals surface area contributed by atoms with E-state index in [0.717, 1.165) is 24.6 Å². The highest BCUT2D eigenvalue weighted by Crippen LogP contribution is 2.35. The molecule has 0 aliphatic carbocycles. The molecule has 1 aliphatic rings. The van der Waals surface area contributed by atoms with Crippen LogP contribution in [0.1, 0.15) is 79.1 Å². The summed E-state index contributed by atoms with van der Waals surface area (Å²) in [6.07, 6.45) is 2.53. The van der Waals surface area contributed by atoms with Crippen molar-refractivity contribution in [2.24, 2.45) is 0 Å². The Labute approximate surface area is 187 Å². The first-order valence-corrected chi connectivity index (χ1v) is 11.2. The van der Waals surface area contributed by atoms with E-state index >= 15 is 0 Å². The second kappa shape index (κ2) is 10.4. The number of carbonyl (C=O) groups is 1. The number of nitrogens with one attached hydrogen (secondary N) is 1. The van der Waals surface area contributed by atoms with Crippen molar-refractivity contribution in [1.29, 1.82) is 0 Å². The third-order valence-corrected chi connectivity index (χ3v) is 6.69. The van der Waals surface area contributed by atoms with Crippen molar-refractivity contribution in [3.05, 3.63) is 81.4 Å². The van der Waals surface area contributed by atoms with Crippen LogP contribution in [0.25, 0.3) is 0 Å². The molecule has 0 atom stereocenters. The highest BCUT2D eigenvalue weighted by molar-refractivity contribution is 6.34. The molecule has 0 aromatic heterocycles. The topological polar surface area (TPSA) is 29.1 Å². The van der Waals surface area contributed by atoms with Gasteiger partial charge in [-0.25, -0.2) is 0 Å². The maximum Gasteiger partial charge on any atom is 0.161 e. The van der Waals surface area contributed by atoms with Crippen LogP contribution in [0.2, 0.25) is 5.02 Å². The second-order valence-corrected chi connectivity index (χ2v) is 9.40. The average Bonchev–Trinajstić information content (AvgIpc) is 2.68. The van der Waals surface area contributed by atoms with Crippen molar-refractivity contribution >= 4 is 17.4 Å². The smallest absolute Gasteiger partial charge is 0.161 e. The molecule has 0 unspecified atom stereocenters. The Hall–Kier alpha value is -1.90. The molecule has 2 aromatic carbocycles. The van der Waals surface area contributed by atoms with Crippen LogP contribution >= 0.6 is 11.6 Å². The lowest BCUT2D eigenvalue weighted by Crippen LogP contribution is -2.27. The number of aryl methyl sites for hydroxylation is 2. The van der Waals surface area contributed by atoms with Gasteiger partial charge in [0.25, 0.3) is 0 Å². The predicted octanol–water partition coefficient (Wildman–Crippen LogP) is 7.17. The fourth-order valence-electron chi connectivity index (χ4n) is 4.10. The number of halogens is 1. The van der Waals surface area contributed by atoms with Gasteiger partial charge in [-0.05, 0) is 87.9 Å². The van der Waals surface area contributed by atoms with E-state index in [2.05, 4.69) is 57.8 Å². The zero-order valence-electron chi connectivity index (χ0n) is 19.4. The van der Waals surface area contributed by atoms with Crippen molar-refractivity contribution < 1.29 is 4.79 Å². The summed E-state index contributed by atoms with van der Waals surface area (Å²) < 4.78 is 0. The van der Waals surface area contributed by atoms with E-state index in [1.54, 1.807) is 6.07 Å². The fourth-order valence-corrected chi connectivity index (χ4v) is 4.46. The number of rotatable bonds is 4. The Morgan fingerprint density at radius 1 is 1.07 bits per heavy atom. The highest BCUT2D eigenvalue weighted by Gasteiger charge is 2.24. The Morgan fingerprint density at radius 2 is 1.70 bits per heavy atom. The highest BCUT2D eigenvalue weighted by atomic mass is 35.5. The molecule has 0 saturated carbocycles. The van der Waals surface area contributed by atoms with Crippen LogP contribution < -0.4 is 5.32 Å². The Morgan fingerprint density at radius 3 is 2.17 bits per heavy atom. The molecule has 1 heterocycles. The van der Waals surface area contributed by atoms with Crippen LogP contribution in [-0.4, -0.2) is 18.9 Å². The normalized spacial score (nSPS) is 14.6. The van der Waals surface area contributed by atoms with E-state index in [1.807, 2.05) is 19.1 Å². The monoisotopic (exact) mass is 425 g/mol. The summed E-state index contributed by atoms with van der Waals surface area (Å²) in [5.41, 5.74) is 7.20. The summed E-state index contributed by atoms with van der Waals surface area (Å²) in [5.74, 6) is 0.759. The number of piperidine rings is 1. The third kappa shape index (κ3) is 5.83. The van der Waals surface area contributed by atoms with Gasteiger partial charge in [0.05, 0.1) is 5.02 Å². The van der Waals surface area contributed by atoms with Gasteiger partial charge in [-0.2, -0.15) is 0 Å². The van der Waals surface area contributed by atoms with Gasteiger partial charge in [0.2, 0.25) is 0 Å². The van der Waals surface area contributed by atoms with Gasteiger partial charge in [0.15, 0.2) is 5.78 Å². The minimum absolute atomic E-state index is 0.0214. The van der Waals surface area contributed by atoms with Crippen molar-refractivity contribution in [3.8, 4) is 0 Å². The van der Waals surface area contributed by atoms with Crippen molar-refractivity contribution in [3.63, 3.8) is 0 Å². The van der Waals surface area contributed by atoms with Crippen molar-refractivity contribution in [1.82, 2.24) is 5.32 Å². The first-order chi connectivity index (χ1) is 14.1. The lowest BCUT2D eigenvalue weighted by atomic mass is 9.76. The number of hydrogen-bond acceptors (Lipinski definition) is 2. The van der Waals surface area contributed by atoms with Gasteiger partial charge in [-0.1, -0.05) is 67.9 Å². The van der Waals surface area contributed by atoms with Gasteiger partial charge >= 0.3 is 0 Å². The predicted molar refractivity (Wildman–Crippen MR) is 130 cm³/mol. The van der Waals surface area contributed by atoms with Gasteiger partial charge < -0.3 is 5.32 Å². The Kier molecular flexibility index (Phi) is 8.46. The molecular formula is C27H36ClNO. The zero-order chi connectivity index (χ0) is 22.5. The number of carbonyl (C=O) groups excluding carboxylic acids is 1. The Balaban J connectivity index is 0.000000248. The van der Waals surface area contributed by atoms with Crippen molar-refractivity contribution in [2.45, 2.75) is 65.7 Å². The minimum atomic E-state index is 0.0214. The summed E-state index contributed by atoms with van der Waals surface area (Å²) in [6.45, 7) is 18.8. The van der Waals surface area contributed by atoms with E-state index in [0.29, 0.717) is 10.6 Å². The van der Waals surface area contributed by atoms with Crippen LogP contribution in [-0.2, 0) is 5.41 Å². The summed E-state index contributed by atoms with van der Waals surface area (Å²) in [5, 5.41) is 3.98. The first kappa shape index (κ1) is 24.4. The van der Waals surface area contributed by atoms with Gasteiger partial charge in [0, 0.05) is 11.0 Å². The first-order valence-electron chi connectivity index (χ1n) is 10.8. The summed E-state index contributed by atoms with van der Waals surface area (Å²) in [7, 11) is 0. The van der Waals surface area contributed by atoms with Gasteiger partial charge in [-0.15, -0.1) is 0 Å². The lowest BCUT2D eigenvalue weighted by Gasteiger charge is -2.29. The van der Waals surface area contributed by atoms with E-state index in [-0.39, 0.29) is 11.2 Å². The average molecular weight is 426 g/mol. The molecule has 1 saturated heterocycles. The third-order valence-electron chi connectivity index (χ3n) is 6.38. The second-order valence-electron chi connectivity index (χ2n) is 8.99. The lowest BCUT2D eigenvalue weighted by molar-refractivity contribution is 0.101. The molecule has 2 aromatic rings. The largest absolute Gasteiger partial charge is 0.317 e. The maximum atomic E-state index is 11.0. The van der Waals surface area contributed by atoms with Crippen LogP contribution in [0, 0.1) is 13.8 Å². The molecule has 2 nitrogen and oxygen atoms in total. The van der Waals surface area contributed by atoms with Gasteiger partial charge in [0.1, 0.15) is 0 Å². The van der Waals surface area contributed by atoms with E-state index in [1.165, 1.54) is 42.0 Å². The molecule has 0 radical (unpaired) electrons. The van der Waals surface area contributed by atoms with Gasteiger partial charge in [-0.3, -0.25) is 4.79 Å². The number of hydrogen-bond donors (Lipinski definition) is 1. The van der Waals surface area contributed by atoms with E-state index in [9.17, 15) is 4.79 Å². The molecule has 1 aliphatic heterocycles. The number of Topliss-reactive ketones (excluding diaryl/α,β-unsaturated/α-hetero) is 1. The van der Waals surface area contributed by atoms with Crippen LogP contribution in [0.3, 0.4) is 0 Å². The SMILES string of the molecule is C=C(C)C(C)(C)c1ccc(C2CCNCC2)cc1C.CC(=O)c1c(C)cccc1Cl. The molecule has 1 N–H and O–H groups in total. The van der Waals surface area contributed by atoms with Crippen LogP contribution in [0.4, 0.5) is 0 Å². The molecule has 30 heavy (non-hydrogen) atoms. The molecule has 3 rings (SSSR count). The summed E-state index contributed by atoms with van der Waals surface area (Å²) in [4.78, 5) is 11.0. The fraction of sp³-hybridized carbons (Fsp3) is 0.444.